The lowest BCUT2D eigenvalue weighted by molar-refractivity contribution is -0.117. The zero-order chi connectivity index (χ0) is 18.7. The van der Waals surface area contributed by atoms with Gasteiger partial charge in [-0.25, -0.2) is 8.42 Å². The molecule has 0 aliphatic rings. The Morgan fingerprint density at radius 3 is 2.46 bits per heavy atom. The van der Waals surface area contributed by atoms with Crippen LogP contribution in [0.4, 0.5) is 5.13 Å². The van der Waals surface area contributed by atoms with Crippen LogP contribution in [0.3, 0.4) is 0 Å². The summed E-state index contributed by atoms with van der Waals surface area (Å²) in [5, 5.41) is 11.9. The molecule has 2 rings (SSSR count). The number of hydrogen-bond donors (Lipinski definition) is 2. The van der Waals surface area contributed by atoms with E-state index in [2.05, 4.69) is 15.5 Å². The van der Waals surface area contributed by atoms with Gasteiger partial charge in [0, 0.05) is 11.7 Å². The lowest BCUT2D eigenvalue weighted by atomic mass is 9.85. The van der Waals surface area contributed by atoms with Gasteiger partial charge >= 0.3 is 0 Å². The largest absolute Gasteiger partial charge is 0.320 e. The van der Waals surface area contributed by atoms with Gasteiger partial charge in [-0.1, -0.05) is 41.7 Å². The van der Waals surface area contributed by atoms with Gasteiger partial charge in [-0.3, -0.25) is 10.1 Å². The predicted molar refractivity (Wildman–Crippen MR) is 107 cm³/mol. The van der Waals surface area contributed by atoms with Crippen LogP contribution in [0.25, 0.3) is 0 Å². The Labute approximate surface area is 163 Å². The molecular weight excluding hydrogens is 396 g/mol. The van der Waals surface area contributed by atoms with E-state index in [1.807, 2.05) is 44.2 Å². The Balaban J connectivity index is 0.00000338. The average Bonchev–Trinajstić information content (AvgIpc) is 3.02. The molecule has 0 radical (unpaired) electrons. The number of benzene rings is 1. The molecule has 1 aromatic heterocycles. The number of nitrogens with one attached hydrogen (secondary N) is 1. The maximum absolute atomic E-state index is 12.1. The Hall–Kier alpha value is -1.55. The van der Waals surface area contributed by atoms with Crippen molar-refractivity contribution in [2.45, 2.75) is 31.7 Å². The zero-order valence-corrected chi connectivity index (χ0v) is 17.2. The zero-order valence-electron chi connectivity index (χ0n) is 14.8. The van der Waals surface area contributed by atoms with Crippen molar-refractivity contribution in [2.75, 3.05) is 17.3 Å². The SMILES string of the molecule is CC(C)(c1ccccc1)c1nnc(NC(=O)C(N)CCS(C)(=O)=O)s1.Cl. The molecule has 26 heavy (non-hydrogen) atoms. The number of anilines is 1. The van der Waals surface area contributed by atoms with Gasteiger partial charge in [-0.05, 0) is 25.8 Å². The Morgan fingerprint density at radius 1 is 1.27 bits per heavy atom. The molecule has 7 nitrogen and oxygen atoms in total. The third kappa shape index (κ3) is 6.01. The summed E-state index contributed by atoms with van der Waals surface area (Å²) in [5.74, 6) is -0.604. The van der Waals surface area contributed by atoms with Gasteiger partial charge in [-0.15, -0.1) is 22.6 Å². The minimum Gasteiger partial charge on any atom is -0.320 e. The van der Waals surface area contributed by atoms with E-state index in [0.29, 0.717) is 5.13 Å². The van der Waals surface area contributed by atoms with Crippen LogP contribution in [-0.4, -0.2) is 42.6 Å². The molecule has 0 saturated heterocycles. The van der Waals surface area contributed by atoms with Crippen LogP contribution in [0.5, 0.6) is 0 Å². The van der Waals surface area contributed by atoms with Gasteiger partial charge in [-0.2, -0.15) is 0 Å². The lowest BCUT2D eigenvalue weighted by Gasteiger charge is -2.21. The first kappa shape index (κ1) is 22.5. The first-order valence-electron chi connectivity index (χ1n) is 7.73. The third-order valence-corrected chi connectivity index (χ3v) is 5.96. The molecule has 144 valence electrons. The van der Waals surface area contributed by atoms with Crippen molar-refractivity contribution in [2.24, 2.45) is 5.73 Å². The summed E-state index contributed by atoms with van der Waals surface area (Å²) in [7, 11) is -3.16. The summed E-state index contributed by atoms with van der Waals surface area (Å²) in [6.45, 7) is 4.07. The van der Waals surface area contributed by atoms with E-state index < -0.39 is 21.8 Å². The summed E-state index contributed by atoms with van der Waals surface area (Å²) >= 11 is 1.28. The fourth-order valence-electron chi connectivity index (χ4n) is 2.17. The quantitative estimate of drug-likeness (QED) is 0.710. The molecular formula is C16H23ClN4O3S2. The van der Waals surface area contributed by atoms with Crippen molar-refractivity contribution >= 4 is 44.6 Å². The maximum Gasteiger partial charge on any atom is 0.243 e. The summed E-state index contributed by atoms with van der Waals surface area (Å²) < 4.78 is 22.3. The number of hydrogen-bond acceptors (Lipinski definition) is 7. The van der Waals surface area contributed by atoms with Crippen LogP contribution >= 0.6 is 23.7 Å². The number of carbonyl (C=O) groups is 1. The first-order valence-corrected chi connectivity index (χ1v) is 10.6. The average molecular weight is 419 g/mol. The number of halogens is 1. The van der Waals surface area contributed by atoms with E-state index >= 15 is 0 Å². The molecule has 1 amide bonds. The van der Waals surface area contributed by atoms with Crippen molar-refractivity contribution in [3.05, 3.63) is 40.9 Å². The van der Waals surface area contributed by atoms with E-state index in [-0.39, 0.29) is 30.0 Å². The molecule has 0 saturated carbocycles. The van der Waals surface area contributed by atoms with Crippen molar-refractivity contribution in [1.82, 2.24) is 10.2 Å². The van der Waals surface area contributed by atoms with Crippen LogP contribution < -0.4 is 11.1 Å². The second-order valence-corrected chi connectivity index (χ2v) is 9.65. The molecule has 0 aliphatic heterocycles. The topological polar surface area (TPSA) is 115 Å². The molecule has 0 aliphatic carbocycles. The fourth-order valence-corrected chi connectivity index (χ4v) is 3.73. The highest BCUT2D eigenvalue weighted by Crippen LogP contribution is 2.34. The van der Waals surface area contributed by atoms with Crippen LogP contribution in [0, 0.1) is 0 Å². The van der Waals surface area contributed by atoms with Gasteiger partial charge < -0.3 is 5.73 Å². The van der Waals surface area contributed by atoms with Crippen LogP contribution in [0.2, 0.25) is 0 Å². The fraction of sp³-hybridized carbons (Fsp3) is 0.438. The molecule has 1 heterocycles. The number of nitrogens with zero attached hydrogens (tertiary/aromatic N) is 2. The smallest absolute Gasteiger partial charge is 0.243 e. The maximum atomic E-state index is 12.1. The monoisotopic (exact) mass is 418 g/mol. The summed E-state index contributed by atoms with van der Waals surface area (Å²) in [4.78, 5) is 12.1. The van der Waals surface area contributed by atoms with Gasteiger partial charge in [0.2, 0.25) is 11.0 Å². The van der Waals surface area contributed by atoms with Crippen molar-refractivity contribution in [3.8, 4) is 0 Å². The minimum atomic E-state index is -3.16. The van der Waals surface area contributed by atoms with Gasteiger partial charge in [0.05, 0.1) is 11.8 Å². The van der Waals surface area contributed by atoms with Crippen molar-refractivity contribution in [1.29, 1.82) is 0 Å². The molecule has 0 bridgehead atoms. The number of nitrogens with two attached hydrogens (primary N) is 1. The van der Waals surface area contributed by atoms with Crippen LogP contribution in [-0.2, 0) is 20.0 Å². The number of amides is 1. The number of aromatic nitrogens is 2. The molecule has 0 spiro atoms. The lowest BCUT2D eigenvalue weighted by Crippen LogP contribution is -2.37. The van der Waals surface area contributed by atoms with Crippen molar-refractivity contribution in [3.63, 3.8) is 0 Å². The number of rotatable bonds is 7. The van der Waals surface area contributed by atoms with Gasteiger partial charge in [0.15, 0.2) is 0 Å². The van der Waals surface area contributed by atoms with Gasteiger partial charge in [0.1, 0.15) is 14.8 Å². The molecule has 1 atom stereocenters. The second-order valence-electron chi connectivity index (χ2n) is 6.42. The molecule has 3 N–H and O–H groups in total. The van der Waals surface area contributed by atoms with Crippen molar-refractivity contribution < 1.29 is 13.2 Å². The van der Waals surface area contributed by atoms with Crippen LogP contribution in [0.1, 0.15) is 30.8 Å². The minimum absolute atomic E-state index is 0. The van der Waals surface area contributed by atoms with Crippen LogP contribution in [0.15, 0.2) is 30.3 Å². The van der Waals surface area contributed by atoms with E-state index in [1.54, 1.807) is 0 Å². The highest BCUT2D eigenvalue weighted by molar-refractivity contribution is 7.90. The van der Waals surface area contributed by atoms with E-state index in [0.717, 1.165) is 16.8 Å². The highest BCUT2D eigenvalue weighted by atomic mass is 35.5. The Kier molecular flexibility index (Phi) is 7.70. The normalized spacial score (nSPS) is 12.9. The summed E-state index contributed by atoms with van der Waals surface area (Å²) in [6, 6.07) is 8.98. The molecule has 0 fully saturated rings. The van der Waals surface area contributed by atoms with E-state index in [1.165, 1.54) is 11.3 Å². The molecule has 1 aromatic carbocycles. The molecule has 1 unspecified atom stereocenters. The number of sulfone groups is 1. The summed E-state index contributed by atoms with van der Waals surface area (Å²) in [6.07, 6.45) is 1.17. The summed E-state index contributed by atoms with van der Waals surface area (Å²) in [5.41, 5.74) is 6.48. The first-order chi connectivity index (χ1) is 11.6. The second kappa shape index (κ2) is 8.90. The Bertz CT molecular complexity index is 838. The third-order valence-electron chi connectivity index (χ3n) is 3.82. The van der Waals surface area contributed by atoms with E-state index in [9.17, 15) is 13.2 Å². The molecule has 10 heteroatoms. The molecule has 2 aromatic rings. The Morgan fingerprint density at radius 2 is 1.88 bits per heavy atom. The van der Waals surface area contributed by atoms with Gasteiger partial charge in [0.25, 0.3) is 0 Å². The highest BCUT2D eigenvalue weighted by Gasteiger charge is 2.28. The predicted octanol–water partition coefficient (Wildman–Crippen LogP) is 1.99. The van der Waals surface area contributed by atoms with E-state index in [4.69, 9.17) is 5.73 Å². The number of carbonyl (C=O) groups excluding carboxylic acids is 1. The standard InChI is InChI=1S/C16H22N4O3S2.ClH/c1-16(2,11-7-5-4-6-8-11)14-19-20-15(24-14)18-13(21)12(17)9-10-25(3,22)23;/h4-8,12H,9-10,17H2,1-3H3,(H,18,20,21);1H.